The number of nitrogens with zero attached hydrogens (tertiary/aromatic N) is 4. The molecule has 0 radical (unpaired) electrons. The van der Waals surface area contributed by atoms with Crippen molar-refractivity contribution in [1.82, 2.24) is 15.3 Å². The second-order valence-corrected chi connectivity index (χ2v) is 9.12. The van der Waals surface area contributed by atoms with Gasteiger partial charge in [0.1, 0.15) is 11.6 Å². The van der Waals surface area contributed by atoms with Crippen molar-refractivity contribution in [1.29, 1.82) is 0 Å². The number of alkyl halides is 3. The average Bonchev–Trinajstić information content (AvgIpc) is 2.77. The molecule has 2 heterocycles. The van der Waals surface area contributed by atoms with E-state index in [9.17, 15) is 13.2 Å². The summed E-state index contributed by atoms with van der Waals surface area (Å²) < 4.78 is 43.0. The predicted octanol–water partition coefficient (Wildman–Crippen LogP) is 5.96. The number of fused-ring (bicyclic) bond motifs is 1. The molecule has 0 unspecified atom stereocenters. The van der Waals surface area contributed by atoms with Gasteiger partial charge in [0.2, 0.25) is 5.95 Å². The number of nitrogens with one attached hydrogen (secondary N) is 1. The molecular formula is C23H27BrCl2F3N5O. The standard InChI is InChI=1S/C23H25BrF3N5O.2ClH/c1-31(2)21-18-5-3-4-6-19(18)29-22(30-21)32-11-9-17(10-12-32)28-14-15-7-8-16(24)13-20(15)33-23(25,26)27;;/h3-8,13,17,28H,9-12,14H2,1-2H3;2*1H. The van der Waals surface area contributed by atoms with Gasteiger partial charge in [-0.3, -0.25) is 0 Å². The molecule has 0 aliphatic carbocycles. The number of piperidine rings is 1. The van der Waals surface area contributed by atoms with Crippen LogP contribution in [0.1, 0.15) is 18.4 Å². The molecule has 12 heteroatoms. The molecule has 1 aliphatic heterocycles. The Labute approximate surface area is 223 Å². The first-order valence-corrected chi connectivity index (χ1v) is 11.5. The fourth-order valence-electron chi connectivity index (χ4n) is 3.96. The van der Waals surface area contributed by atoms with Gasteiger partial charge in [0.25, 0.3) is 0 Å². The Balaban J connectivity index is 0.00000216. The molecule has 1 aliphatic rings. The zero-order valence-corrected chi connectivity index (χ0v) is 22.4. The Morgan fingerprint density at radius 2 is 1.77 bits per heavy atom. The topological polar surface area (TPSA) is 53.5 Å². The van der Waals surface area contributed by atoms with E-state index in [0.717, 1.165) is 42.7 Å². The minimum absolute atomic E-state index is 0. The van der Waals surface area contributed by atoms with Crippen molar-refractivity contribution in [2.75, 3.05) is 37.0 Å². The van der Waals surface area contributed by atoms with Crippen LogP contribution in [0.4, 0.5) is 24.9 Å². The lowest BCUT2D eigenvalue weighted by molar-refractivity contribution is -0.274. The van der Waals surface area contributed by atoms with E-state index in [-0.39, 0.29) is 36.6 Å². The summed E-state index contributed by atoms with van der Waals surface area (Å²) in [7, 11) is 3.93. The Morgan fingerprint density at radius 1 is 1.09 bits per heavy atom. The van der Waals surface area contributed by atoms with Crippen molar-refractivity contribution in [2.24, 2.45) is 0 Å². The van der Waals surface area contributed by atoms with Crippen molar-refractivity contribution in [2.45, 2.75) is 31.8 Å². The minimum atomic E-state index is -4.73. The van der Waals surface area contributed by atoms with Gasteiger partial charge in [-0.05, 0) is 37.1 Å². The third-order valence-electron chi connectivity index (χ3n) is 5.61. The van der Waals surface area contributed by atoms with Gasteiger partial charge in [-0.1, -0.05) is 34.1 Å². The number of rotatable bonds is 6. The van der Waals surface area contributed by atoms with Gasteiger partial charge >= 0.3 is 6.36 Å². The quantitative estimate of drug-likeness (QED) is 0.379. The fraction of sp³-hybridized carbons (Fsp3) is 0.391. The Hall–Kier alpha value is -2.01. The lowest BCUT2D eigenvalue weighted by Gasteiger charge is -2.33. The Kier molecular flexibility index (Phi) is 10.3. The van der Waals surface area contributed by atoms with E-state index in [4.69, 9.17) is 9.97 Å². The number of para-hydroxylation sites is 1. The molecule has 0 bridgehead atoms. The molecule has 4 rings (SSSR count). The first kappa shape index (κ1) is 29.2. The SMILES string of the molecule is CN(C)c1nc(N2CCC(NCc3ccc(Br)cc3OC(F)(F)F)CC2)nc2ccccc12.Cl.Cl. The van der Waals surface area contributed by atoms with E-state index in [2.05, 4.69) is 30.9 Å². The summed E-state index contributed by atoms with van der Waals surface area (Å²) in [6.45, 7) is 1.81. The molecule has 6 nitrogen and oxygen atoms in total. The number of halogens is 6. The van der Waals surface area contributed by atoms with Gasteiger partial charge < -0.3 is 19.9 Å². The smallest absolute Gasteiger partial charge is 0.405 e. The predicted molar refractivity (Wildman–Crippen MR) is 141 cm³/mol. The molecule has 2 aromatic carbocycles. The lowest BCUT2D eigenvalue weighted by atomic mass is 10.0. The molecule has 1 N–H and O–H groups in total. The molecule has 1 saturated heterocycles. The molecule has 3 aromatic rings. The molecular weight excluding hydrogens is 570 g/mol. The number of hydrogen-bond donors (Lipinski definition) is 1. The van der Waals surface area contributed by atoms with E-state index in [1.807, 2.05) is 43.3 Å². The molecule has 0 spiro atoms. The lowest BCUT2D eigenvalue weighted by Crippen LogP contribution is -2.43. The van der Waals surface area contributed by atoms with Crippen LogP contribution in [-0.4, -0.2) is 49.6 Å². The van der Waals surface area contributed by atoms with Gasteiger partial charge in [-0.25, -0.2) is 4.98 Å². The summed E-state index contributed by atoms with van der Waals surface area (Å²) in [5.41, 5.74) is 1.37. The normalized spacial score (nSPS) is 14.3. The summed E-state index contributed by atoms with van der Waals surface area (Å²) in [4.78, 5) is 13.7. The maximum atomic E-state index is 12.7. The second-order valence-electron chi connectivity index (χ2n) is 8.20. The van der Waals surface area contributed by atoms with Crippen LogP contribution in [0.15, 0.2) is 46.9 Å². The maximum absolute atomic E-state index is 12.7. The highest BCUT2D eigenvalue weighted by Gasteiger charge is 2.32. The first-order chi connectivity index (χ1) is 15.7. The summed E-state index contributed by atoms with van der Waals surface area (Å²) >= 11 is 3.20. The van der Waals surface area contributed by atoms with Gasteiger partial charge in [0.05, 0.1) is 5.52 Å². The van der Waals surface area contributed by atoms with Crippen molar-refractivity contribution in [3.63, 3.8) is 0 Å². The zero-order valence-electron chi connectivity index (χ0n) is 19.2. The van der Waals surface area contributed by atoms with Crippen LogP contribution < -0.4 is 19.9 Å². The van der Waals surface area contributed by atoms with Gasteiger partial charge in [-0.2, -0.15) is 4.98 Å². The van der Waals surface area contributed by atoms with Crippen molar-refractivity contribution in [3.8, 4) is 5.75 Å². The number of benzene rings is 2. The van der Waals surface area contributed by atoms with Crippen molar-refractivity contribution < 1.29 is 17.9 Å². The summed E-state index contributed by atoms with van der Waals surface area (Å²) in [5.74, 6) is 1.38. The van der Waals surface area contributed by atoms with E-state index in [0.29, 0.717) is 22.5 Å². The highest BCUT2D eigenvalue weighted by atomic mass is 79.9. The van der Waals surface area contributed by atoms with Crippen LogP contribution >= 0.6 is 40.7 Å². The van der Waals surface area contributed by atoms with Gasteiger partial charge in [-0.15, -0.1) is 38.0 Å². The molecule has 192 valence electrons. The van der Waals surface area contributed by atoms with E-state index >= 15 is 0 Å². The largest absolute Gasteiger partial charge is 0.573 e. The number of anilines is 2. The highest BCUT2D eigenvalue weighted by molar-refractivity contribution is 9.10. The van der Waals surface area contributed by atoms with Crippen LogP contribution in [0.3, 0.4) is 0 Å². The molecule has 1 fully saturated rings. The van der Waals surface area contributed by atoms with E-state index in [1.165, 1.54) is 6.07 Å². The maximum Gasteiger partial charge on any atom is 0.573 e. The molecule has 0 amide bonds. The Bertz CT molecular complexity index is 1130. The monoisotopic (exact) mass is 595 g/mol. The van der Waals surface area contributed by atoms with Crippen LogP contribution in [0.25, 0.3) is 10.9 Å². The van der Waals surface area contributed by atoms with Crippen LogP contribution in [0, 0.1) is 0 Å². The van der Waals surface area contributed by atoms with Crippen LogP contribution in [-0.2, 0) is 6.54 Å². The van der Waals surface area contributed by atoms with Crippen molar-refractivity contribution >= 4 is 63.4 Å². The molecule has 0 atom stereocenters. The Morgan fingerprint density at radius 3 is 2.43 bits per heavy atom. The average molecular weight is 597 g/mol. The van der Waals surface area contributed by atoms with Crippen LogP contribution in [0.2, 0.25) is 0 Å². The minimum Gasteiger partial charge on any atom is -0.405 e. The van der Waals surface area contributed by atoms with Crippen LogP contribution in [0.5, 0.6) is 5.75 Å². The summed E-state index contributed by atoms with van der Waals surface area (Å²) in [6, 6.07) is 12.8. The number of aromatic nitrogens is 2. The van der Waals surface area contributed by atoms with E-state index < -0.39 is 6.36 Å². The van der Waals surface area contributed by atoms with E-state index in [1.54, 1.807) is 12.1 Å². The molecule has 35 heavy (non-hydrogen) atoms. The van der Waals surface area contributed by atoms with Gasteiger partial charge in [0, 0.05) is 55.2 Å². The van der Waals surface area contributed by atoms with Crippen molar-refractivity contribution in [3.05, 3.63) is 52.5 Å². The summed E-state index contributed by atoms with van der Waals surface area (Å²) in [6.07, 6.45) is -3.06. The third-order valence-corrected chi connectivity index (χ3v) is 6.10. The third kappa shape index (κ3) is 7.49. The first-order valence-electron chi connectivity index (χ1n) is 10.7. The molecule has 1 aromatic heterocycles. The zero-order chi connectivity index (χ0) is 23.6. The second kappa shape index (κ2) is 12.3. The fourth-order valence-corrected chi connectivity index (χ4v) is 4.30. The highest BCUT2D eigenvalue weighted by Crippen LogP contribution is 2.30. The number of hydrogen-bond acceptors (Lipinski definition) is 6. The summed E-state index contributed by atoms with van der Waals surface area (Å²) in [5, 5.41) is 4.38. The number of ether oxygens (including phenoxy) is 1. The van der Waals surface area contributed by atoms with Gasteiger partial charge in [0.15, 0.2) is 0 Å². The molecule has 0 saturated carbocycles.